The summed E-state index contributed by atoms with van der Waals surface area (Å²) in [6.45, 7) is 2.87. The molecule has 0 spiro atoms. The average molecular weight is 627 g/mol. The lowest BCUT2D eigenvalue weighted by atomic mass is 9.81. The zero-order valence-corrected chi connectivity index (χ0v) is 22.9. The first-order chi connectivity index (χ1) is 17.9. The number of rotatable bonds is 8. The lowest BCUT2D eigenvalue weighted by molar-refractivity contribution is -0.162. The van der Waals surface area contributed by atoms with E-state index < -0.39 is 93.8 Å². The number of carbonyl (C=O) groups excluding carboxylic acids is 2. The van der Waals surface area contributed by atoms with Crippen molar-refractivity contribution in [3.8, 4) is 0 Å². The molecule has 4 atom stereocenters. The Morgan fingerprint density at radius 2 is 1.67 bits per heavy atom. The molecule has 1 aliphatic heterocycles. The summed E-state index contributed by atoms with van der Waals surface area (Å²) < 4.78 is 67.6. The molecule has 1 fully saturated rings. The smallest absolute Gasteiger partial charge is 0.296 e. The van der Waals surface area contributed by atoms with Gasteiger partial charge in [0.1, 0.15) is 27.4 Å². The topological polar surface area (TPSA) is 268 Å². The van der Waals surface area contributed by atoms with Crippen LogP contribution in [0, 0.1) is 11.8 Å². The largest absolute Gasteiger partial charge is 0.371 e. The van der Waals surface area contributed by atoms with Gasteiger partial charge in [0.15, 0.2) is 6.23 Å². The highest BCUT2D eigenvalue weighted by Gasteiger charge is 2.48. The number of carbonyl (C=O) groups is 2. The second-order valence-corrected chi connectivity index (χ2v) is 11.5. The number of anilines is 2. The fourth-order valence-corrected chi connectivity index (χ4v) is 5.58. The lowest BCUT2D eigenvalue weighted by Gasteiger charge is -2.41. The number of nitrogens with zero attached hydrogens (tertiary/aromatic N) is 6. The van der Waals surface area contributed by atoms with Crippen molar-refractivity contribution >= 4 is 72.6 Å². The number of likely N-dealkylation sites (tertiary alicyclic amines) is 1. The van der Waals surface area contributed by atoms with Crippen molar-refractivity contribution in [3.63, 3.8) is 0 Å². The van der Waals surface area contributed by atoms with Crippen LogP contribution in [0.1, 0.15) is 13.8 Å². The van der Waals surface area contributed by atoms with Gasteiger partial charge in [0.25, 0.3) is 20.2 Å². The van der Waals surface area contributed by atoms with E-state index in [1.54, 1.807) is 0 Å². The summed E-state index contributed by atoms with van der Waals surface area (Å²) in [6, 6.07) is -0.191. The minimum absolute atomic E-state index is 0.0348. The molecule has 1 aliphatic rings. The summed E-state index contributed by atoms with van der Waals surface area (Å²) >= 11 is 11.4. The van der Waals surface area contributed by atoms with E-state index >= 15 is 0 Å². The second-order valence-electron chi connectivity index (χ2n) is 8.07. The first-order valence-corrected chi connectivity index (χ1v) is 14.2. The van der Waals surface area contributed by atoms with E-state index in [2.05, 4.69) is 30.5 Å². The van der Waals surface area contributed by atoms with Crippen LogP contribution in [0.4, 0.5) is 17.3 Å². The summed E-state index contributed by atoms with van der Waals surface area (Å²) in [5.41, 5.74) is 4.11. The van der Waals surface area contributed by atoms with E-state index in [4.69, 9.17) is 28.9 Å². The van der Waals surface area contributed by atoms with Crippen molar-refractivity contribution in [1.82, 2.24) is 19.9 Å². The molecule has 39 heavy (non-hydrogen) atoms. The maximum atomic E-state index is 12.6. The minimum Gasteiger partial charge on any atom is -0.371 e. The minimum atomic E-state index is -5.19. The van der Waals surface area contributed by atoms with E-state index in [1.807, 2.05) is 0 Å². The molecule has 212 valence electrons. The summed E-state index contributed by atoms with van der Waals surface area (Å²) in [6.07, 6.45) is -1.60. The van der Waals surface area contributed by atoms with E-state index in [9.17, 15) is 40.6 Å². The molecule has 0 bridgehead atoms. The van der Waals surface area contributed by atoms with Gasteiger partial charge in [-0.15, -0.1) is 0 Å². The van der Waals surface area contributed by atoms with E-state index in [0.717, 1.165) is 11.0 Å². The third-order valence-electron chi connectivity index (χ3n) is 5.63. The Morgan fingerprint density at radius 3 is 2.15 bits per heavy atom. The molecule has 0 radical (unpaired) electrons. The lowest BCUT2D eigenvalue weighted by Crippen LogP contribution is -2.60. The maximum Gasteiger partial charge on any atom is 0.296 e. The van der Waals surface area contributed by atoms with Crippen molar-refractivity contribution < 1.29 is 40.6 Å². The molecule has 2 amide bonds. The van der Waals surface area contributed by atoms with Crippen molar-refractivity contribution in [1.29, 1.82) is 0 Å². The van der Waals surface area contributed by atoms with Gasteiger partial charge in [-0.05, 0) is 42.3 Å². The highest BCUT2D eigenvalue weighted by atomic mass is 35.5. The number of aliphatic hydroxyl groups is 1. The molecular weight excluding hydrogens is 607 g/mol. The van der Waals surface area contributed by atoms with Crippen LogP contribution in [-0.2, 0) is 29.8 Å². The third-order valence-corrected chi connectivity index (χ3v) is 7.74. The number of piperidine rings is 1. The molecule has 21 heteroatoms. The fourth-order valence-electron chi connectivity index (χ4n) is 3.85. The Labute approximate surface area is 231 Å². The maximum absolute atomic E-state index is 12.6. The van der Waals surface area contributed by atoms with Crippen LogP contribution >= 0.6 is 23.2 Å². The molecule has 4 unspecified atom stereocenters. The number of halogens is 2. The Morgan fingerprint density at radius 1 is 1.10 bits per heavy atom. The van der Waals surface area contributed by atoms with Gasteiger partial charge >= 0.3 is 0 Å². The van der Waals surface area contributed by atoms with Crippen LogP contribution in [0.3, 0.4) is 0 Å². The zero-order chi connectivity index (χ0) is 29.4. The van der Waals surface area contributed by atoms with Gasteiger partial charge in [-0.25, -0.2) is 0 Å². The standard InChI is InChI=1S/C18H20Cl2N8O9S2/c1-3-28-14(30)11(13(21)29)6(2)12(15(28)31)27-26-8-4-7(22-18-24-16(19)23-17(20)25-18)9(38(32,33)34)5-10(8)39(35,36)37/h4-6,11-12,15,31H,3H2,1-2H3,(H2,21,29)(H,32,33,34)(H,35,36,37)(H,22,23,24,25). The number of likely N-dealkylation sites (N-methyl/N-ethyl adjacent to an activating group) is 1. The molecule has 0 saturated carbocycles. The van der Waals surface area contributed by atoms with Crippen LogP contribution < -0.4 is 11.1 Å². The molecule has 2 heterocycles. The van der Waals surface area contributed by atoms with Crippen LogP contribution in [0.2, 0.25) is 10.6 Å². The molecule has 0 aliphatic carbocycles. The zero-order valence-electron chi connectivity index (χ0n) is 19.8. The molecule has 1 aromatic heterocycles. The average Bonchev–Trinajstić information content (AvgIpc) is 2.76. The molecular formula is C18H20Cl2N8O9S2. The van der Waals surface area contributed by atoms with Crippen molar-refractivity contribution in [2.24, 2.45) is 27.8 Å². The normalized spacial score (nSPS) is 22.3. The molecule has 17 nitrogen and oxygen atoms in total. The van der Waals surface area contributed by atoms with Crippen LogP contribution in [0.5, 0.6) is 0 Å². The SMILES string of the molecule is CCN1C(=O)C(C(N)=O)C(C)C(N=Nc2cc(Nc3nc(Cl)nc(Cl)n3)c(S(=O)(=O)O)cc2S(=O)(=O)O)C1O. The molecule has 1 aromatic carbocycles. The van der Waals surface area contributed by atoms with Crippen LogP contribution in [-0.4, -0.2) is 81.5 Å². The molecule has 1 saturated heterocycles. The Kier molecular flexibility index (Phi) is 8.75. The van der Waals surface area contributed by atoms with Gasteiger partial charge in [0.2, 0.25) is 28.3 Å². The predicted molar refractivity (Wildman–Crippen MR) is 133 cm³/mol. The first-order valence-electron chi connectivity index (χ1n) is 10.6. The number of aliphatic hydroxyl groups excluding tert-OH is 1. The van der Waals surface area contributed by atoms with Crippen LogP contribution in [0.25, 0.3) is 0 Å². The summed E-state index contributed by atoms with van der Waals surface area (Å²) in [7, 11) is -10.3. The monoisotopic (exact) mass is 626 g/mol. The van der Waals surface area contributed by atoms with Gasteiger partial charge in [0.05, 0.1) is 5.69 Å². The number of amides is 2. The molecule has 6 N–H and O–H groups in total. The number of nitrogens with two attached hydrogens (primary N) is 1. The van der Waals surface area contributed by atoms with E-state index in [1.165, 1.54) is 13.8 Å². The van der Waals surface area contributed by atoms with E-state index in [0.29, 0.717) is 6.07 Å². The Hall–Kier alpha value is -3.07. The Bertz CT molecular complexity index is 1550. The van der Waals surface area contributed by atoms with Gasteiger partial charge in [-0.1, -0.05) is 6.92 Å². The predicted octanol–water partition coefficient (Wildman–Crippen LogP) is 0.786. The number of benzene rings is 1. The van der Waals surface area contributed by atoms with Crippen molar-refractivity contribution in [2.45, 2.75) is 35.9 Å². The van der Waals surface area contributed by atoms with Crippen LogP contribution in [0.15, 0.2) is 32.2 Å². The highest BCUT2D eigenvalue weighted by molar-refractivity contribution is 7.86. The van der Waals surface area contributed by atoms with E-state index in [-0.39, 0.29) is 6.54 Å². The first kappa shape index (κ1) is 30.5. The second kappa shape index (κ2) is 11.2. The number of primary amides is 1. The quantitative estimate of drug-likeness (QED) is 0.154. The van der Waals surface area contributed by atoms with Gasteiger partial charge in [0, 0.05) is 12.5 Å². The summed E-state index contributed by atoms with van der Waals surface area (Å²) in [5, 5.41) is 19.9. The number of hydrogen-bond acceptors (Lipinski definition) is 13. The Balaban J connectivity index is 2.20. The summed E-state index contributed by atoms with van der Waals surface area (Å²) in [4.78, 5) is 34.1. The fraction of sp³-hybridized carbons (Fsp3) is 0.389. The van der Waals surface area contributed by atoms with Gasteiger partial charge < -0.3 is 21.1 Å². The number of nitrogens with one attached hydrogen (secondary N) is 1. The molecule has 2 aromatic rings. The van der Waals surface area contributed by atoms with Crippen molar-refractivity contribution in [3.05, 3.63) is 22.7 Å². The summed E-state index contributed by atoms with van der Waals surface area (Å²) in [5.74, 6) is -4.56. The number of aromatic nitrogens is 3. The highest BCUT2D eigenvalue weighted by Crippen LogP contribution is 2.37. The third kappa shape index (κ3) is 6.57. The van der Waals surface area contributed by atoms with Gasteiger partial charge in [-0.2, -0.15) is 42.0 Å². The van der Waals surface area contributed by atoms with Crippen molar-refractivity contribution in [2.75, 3.05) is 11.9 Å². The molecule has 3 rings (SSSR count). The number of hydrogen-bond donors (Lipinski definition) is 5. The van der Waals surface area contributed by atoms with Gasteiger partial charge in [-0.3, -0.25) is 18.7 Å². The number of azo groups is 1.